The van der Waals surface area contributed by atoms with Crippen molar-refractivity contribution in [3.63, 3.8) is 0 Å². The van der Waals surface area contributed by atoms with Crippen molar-refractivity contribution in [1.29, 1.82) is 0 Å². The van der Waals surface area contributed by atoms with Gasteiger partial charge in [-0.25, -0.2) is 19.9 Å². The molecule has 112 heavy (non-hydrogen) atoms. The highest BCUT2D eigenvalue weighted by atomic mass is 15.2. The fourth-order valence-electron chi connectivity index (χ4n) is 16.9. The Morgan fingerprint density at radius 2 is 0.491 bits per heavy atom. The summed E-state index contributed by atoms with van der Waals surface area (Å²) in [5.74, 6) is 1.15. The minimum atomic E-state index is -0.121. The molecule has 0 spiro atoms. The number of benzene rings is 16. The average molecular weight is 1430 g/mol. The molecule has 7 nitrogen and oxygen atoms in total. The second-order valence-electron chi connectivity index (χ2n) is 28.9. The predicted octanol–water partition coefficient (Wildman–Crippen LogP) is 24.8. The molecule has 0 bridgehead atoms. The summed E-state index contributed by atoms with van der Waals surface area (Å²) in [7, 11) is 0. The van der Waals surface area contributed by atoms with Crippen LogP contribution in [0.4, 0.5) is 34.1 Å². The molecule has 19 aromatic rings. The molecule has 0 atom stereocenters. The van der Waals surface area contributed by atoms with Crippen LogP contribution in [0.1, 0.15) is 0 Å². The van der Waals surface area contributed by atoms with Crippen LogP contribution in [0, 0.1) is 0 Å². The lowest BCUT2D eigenvalue weighted by Crippen LogP contribution is -2.61. The molecule has 21 rings (SSSR count). The van der Waals surface area contributed by atoms with Crippen LogP contribution < -0.4 is 26.2 Å². The van der Waals surface area contributed by atoms with Crippen molar-refractivity contribution >= 4 is 79.0 Å². The molecule has 0 unspecified atom stereocenters. The van der Waals surface area contributed by atoms with Gasteiger partial charge in [-0.3, -0.25) is 0 Å². The maximum Gasteiger partial charge on any atom is 0.252 e. The summed E-state index contributed by atoms with van der Waals surface area (Å²) >= 11 is 0. The standard InChI is InChI=1S/C104H68BN7/c1-9-31-69(32-10-1)78-55-79(70-33-11-2-12-34-70)59-85(58-78)111-98-51-29-26-48-90(98)105-91-49-27-30-52-99(91)112(86-60-80(71-35-13-3-14-36-71)56-81(61-86)72-37-15-4-16-38-72)101-66-82(65-100(111)102(101)105)77-53-54-97-89(64-77)88-47-25-28-50-96(88)110(97)87-62-83(103-106-92(73-39-17-5-18-40-73)67-93(107-103)74-41-19-6-20-42-74)57-84(63-87)104-108-94(75-43-21-7-22-44-75)68-95(109-104)76-45-23-8-24-46-76/h1-68H. The Morgan fingerprint density at radius 3 is 0.875 bits per heavy atom. The summed E-state index contributed by atoms with van der Waals surface area (Å²) < 4.78 is 2.41. The first-order valence-corrected chi connectivity index (χ1v) is 38.2. The minimum absolute atomic E-state index is 0.121. The van der Waals surface area contributed by atoms with Crippen LogP contribution in [-0.2, 0) is 0 Å². The second-order valence-corrected chi connectivity index (χ2v) is 28.9. The molecule has 5 heterocycles. The predicted molar refractivity (Wildman–Crippen MR) is 466 cm³/mol. The molecule has 16 aromatic carbocycles. The first-order valence-electron chi connectivity index (χ1n) is 38.2. The van der Waals surface area contributed by atoms with Crippen LogP contribution in [0.3, 0.4) is 0 Å². The highest BCUT2D eigenvalue weighted by Gasteiger charge is 2.44. The van der Waals surface area contributed by atoms with Crippen LogP contribution in [0.25, 0.3) is 151 Å². The van der Waals surface area contributed by atoms with Gasteiger partial charge in [-0.05, 0) is 181 Å². The minimum Gasteiger partial charge on any atom is -0.311 e. The number of hydrogen-bond donors (Lipinski definition) is 0. The molecule has 3 aromatic heterocycles. The van der Waals surface area contributed by atoms with E-state index in [1.54, 1.807) is 0 Å². The Morgan fingerprint density at radius 1 is 0.188 bits per heavy atom. The van der Waals surface area contributed by atoms with Gasteiger partial charge in [-0.15, -0.1) is 0 Å². The van der Waals surface area contributed by atoms with Gasteiger partial charge in [-0.2, -0.15) is 0 Å². The molecule has 0 N–H and O–H groups in total. The van der Waals surface area contributed by atoms with Crippen LogP contribution in [0.2, 0.25) is 0 Å². The topological polar surface area (TPSA) is 63.0 Å². The van der Waals surface area contributed by atoms with Crippen molar-refractivity contribution in [2.75, 3.05) is 9.80 Å². The normalized spacial score (nSPS) is 12.1. The number of rotatable bonds is 14. The van der Waals surface area contributed by atoms with Crippen molar-refractivity contribution in [2.24, 2.45) is 0 Å². The lowest BCUT2D eigenvalue weighted by atomic mass is 9.33. The number of para-hydroxylation sites is 3. The quantitative estimate of drug-likeness (QED) is 0.101. The van der Waals surface area contributed by atoms with E-state index >= 15 is 0 Å². The summed E-state index contributed by atoms with van der Waals surface area (Å²) in [6, 6.07) is 149. The first kappa shape index (κ1) is 65.4. The van der Waals surface area contributed by atoms with E-state index in [1.807, 2.05) is 24.3 Å². The highest BCUT2D eigenvalue weighted by molar-refractivity contribution is 7.00. The third-order valence-electron chi connectivity index (χ3n) is 22.1. The molecule has 522 valence electrons. The second kappa shape index (κ2) is 27.7. The zero-order valence-corrected chi connectivity index (χ0v) is 61.0. The van der Waals surface area contributed by atoms with Crippen LogP contribution in [0.5, 0.6) is 0 Å². The lowest BCUT2D eigenvalue weighted by molar-refractivity contribution is 1.14. The van der Waals surface area contributed by atoms with Crippen molar-refractivity contribution in [1.82, 2.24) is 24.5 Å². The highest BCUT2D eigenvalue weighted by Crippen LogP contribution is 2.50. The van der Waals surface area contributed by atoms with Crippen LogP contribution in [-0.4, -0.2) is 31.2 Å². The maximum absolute atomic E-state index is 5.49. The molecule has 0 aliphatic carbocycles. The molecule has 2 aliphatic rings. The maximum atomic E-state index is 5.49. The van der Waals surface area contributed by atoms with Gasteiger partial charge in [-0.1, -0.05) is 303 Å². The van der Waals surface area contributed by atoms with Gasteiger partial charge in [0, 0.05) is 84.0 Å². The van der Waals surface area contributed by atoms with Gasteiger partial charge in [0.05, 0.1) is 33.8 Å². The molecule has 0 saturated heterocycles. The number of aromatic nitrogens is 5. The van der Waals surface area contributed by atoms with E-state index in [2.05, 4.69) is 403 Å². The summed E-state index contributed by atoms with van der Waals surface area (Å²) in [4.78, 5) is 27.1. The fraction of sp³-hybridized carbons (Fsp3) is 0. The summed E-state index contributed by atoms with van der Waals surface area (Å²) in [5.41, 5.74) is 33.4. The van der Waals surface area contributed by atoms with Gasteiger partial charge in [0.15, 0.2) is 11.6 Å². The summed E-state index contributed by atoms with van der Waals surface area (Å²) in [6.07, 6.45) is 0. The lowest BCUT2D eigenvalue weighted by Gasteiger charge is -2.44. The molecule has 0 saturated carbocycles. The number of hydrogen-bond acceptors (Lipinski definition) is 6. The van der Waals surface area contributed by atoms with Crippen LogP contribution >= 0.6 is 0 Å². The van der Waals surface area contributed by atoms with Gasteiger partial charge in [0.25, 0.3) is 6.71 Å². The molecular weight excluding hydrogens is 1360 g/mol. The molecule has 8 heteroatoms. The van der Waals surface area contributed by atoms with Gasteiger partial charge in [0.2, 0.25) is 0 Å². The monoisotopic (exact) mass is 1430 g/mol. The zero-order chi connectivity index (χ0) is 74.0. The van der Waals surface area contributed by atoms with E-state index < -0.39 is 0 Å². The molecular formula is C104H68BN7. The molecule has 0 fully saturated rings. The Labute approximate surface area is 650 Å². The first-order chi connectivity index (χ1) is 55.5. The van der Waals surface area contributed by atoms with Gasteiger partial charge in [0.1, 0.15) is 0 Å². The summed E-state index contributed by atoms with van der Waals surface area (Å²) in [5, 5.41) is 2.21. The van der Waals surface area contributed by atoms with Crippen molar-refractivity contribution in [3.05, 3.63) is 413 Å². The van der Waals surface area contributed by atoms with E-state index in [1.165, 1.54) is 16.4 Å². The number of fused-ring (bicyclic) bond motifs is 7. The number of nitrogens with zero attached hydrogens (tertiary/aromatic N) is 7. The van der Waals surface area contributed by atoms with Crippen molar-refractivity contribution in [2.45, 2.75) is 0 Å². The zero-order valence-electron chi connectivity index (χ0n) is 61.0. The largest absolute Gasteiger partial charge is 0.311 e. The Kier molecular flexibility index (Phi) is 16.2. The Balaban J connectivity index is 0.817. The smallest absolute Gasteiger partial charge is 0.252 e. The van der Waals surface area contributed by atoms with E-state index in [0.717, 1.165) is 173 Å². The molecule has 0 amide bonds. The SMILES string of the molecule is c1ccc(-c2cc(-c3ccccc3)cc(N3c4ccccc4B4c5ccccc5N(c5cc(-c6ccccc6)cc(-c6ccccc6)c5)c5cc(-c6ccc7c(c6)c6ccccc6n7-c6cc(-c7nc(-c8ccccc8)cc(-c8ccccc8)n7)cc(-c7nc(-c8ccccc8)cc(-c8ccccc8)n7)c6)cc3c54)c2)cc1. The molecule has 2 aliphatic heterocycles. The Hall–Kier alpha value is -14.9. The summed E-state index contributed by atoms with van der Waals surface area (Å²) in [6.45, 7) is -0.121. The Bertz CT molecular complexity index is 6230. The number of anilines is 6. The third-order valence-corrected chi connectivity index (χ3v) is 22.1. The third kappa shape index (κ3) is 11.8. The van der Waals surface area contributed by atoms with Gasteiger partial charge < -0.3 is 14.4 Å². The van der Waals surface area contributed by atoms with Gasteiger partial charge >= 0.3 is 0 Å². The van der Waals surface area contributed by atoms with Crippen LogP contribution in [0.15, 0.2) is 413 Å². The fourth-order valence-corrected chi connectivity index (χ4v) is 16.9. The van der Waals surface area contributed by atoms with Crippen molar-refractivity contribution in [3.8, 4) is 129 Å². The van der Waals surface area contributed by atoms with E-state index in [4.69, 9.17) is 19.9 Å². The average Bonchev–Trinajstić information content (AvgIpc) is 0.812. The van der Waals surface area contributed by atoms with E-state index in [0.29, 0.717) is 11.6 Å². The molecule has 0 radical (unpaired) electrons. The van der Waals surface area contributed by atoms with E-state index in [9.17, 15) is 0 Å². The van der Waals surface area contributed by atoms with E-state index in [-0.39, 0.29) is 6.71 Å². The van der Waals surface area contributed by atoms with Crippen molar-refractivity contribution < 1.29 is 0 Å².